The van der Waals surface area contributed by atoms with E-state index in [1.54, 1.807) is 7.11 Å². The van der Waals surface area contributed by atoms with E-state index in [1.807, 2.05) is 12.1 Å². The van der Waals surface area contributed by atoms with Crippen LogP contribution in [0.5, 0.6) is 5.75 Å². The van der Waals surface area contributed by atoms with Gasteiger partial charge < -0.3 is 4.74 Å². The molecule has 0 radical (unpaired) electrons. The van der Waals surface area contributed by atoms with Crippen LogP contribution < -0.4 is 4.74 Å². The summed E-state index contributed by atoms with van der Waals surface area (Å²) in [6.07, 6.45) is 7.82. The monoisotopic (exact) mass is 356 g/mol. The second kappa shape index (κ2) is 9.83. The van der Waals surface area contributed by atoms with Gasteiger partial charge in [-0.3, -0.25) is 0 Å². The number of fused-ring (bicyclic) bond motifs is 1. The molecule has 0 aliphatic rings. The van der Waals surface area contributed by atoms with E-state index >= 15 is 0 Å². The molecule has 0 unspecified atom stereocenters. The molecule has 0 aliphatic carbocycles. The van der Waals surface area contributed by atoms with E-state index in [4.69, 9.17) is 4.74 Å². The molecule has 3 aromatic rings. The van der Waals surface area contributed by atoms with Crippen LogP contribution in [0.25, 0.3) is 10.8 Å². The average Bonchev–Trinajstić information content (AvgIpc) is 2.72. The minimum atomic E-state index is 0.881. The third kappa shape index (κ3) is 5.63. The van der Waals surface area contributed by atoms with Gasteiger partial charge in [0.15, 0.2) is 0 Å². The van der Waals surface area contributed by atoms with Crippen molar-refractivity contribution in [3.63, 3.8) is 0 Å². The third-order valence-corrected chi connectivity index (χ3v) is 4.92. The van der Waals surface area contributed by atoms with E-state index in [0.717, 1.165) is 16.9 Å². The smallest absolute Gasteiger partial charge is 0.119 e. The van der Waals surface area contributed by atoms with E-state index in [9.17, 15) is 0 Å². The lowest BCUT2D eigenvalue weighted by molar-refractivity contribution is 0.415. The molecule has 1 nitrogen and oxygen atoms in total. The zero-order chi connectivity index (χ0) is 18.9. The molecular weight excluding hydrogens is 328 g/mol. The van der Waals surface area contributed by atoms with Crippen molar-refractivity contribution in [3.8, 4) is 17.6 Å². The van der Waals surface area contributed by atoms with Crippen molar-refractivity contribution in [1.29, 1.82) is 0 Å². The van der Waals surface area contributed by atoms with Crippen molar-refractivity contribution in [2.24, 2.45) is 0 Å². The van der Waals surface area contributed by atoms with E-state index in [-0.39, 0.29) is 0 Å². The molecule has 0 fully saturated rings. The van der Waals surface area contributed by atoms with Crippen LogP contribution in [0, 0.1) is 11.8 Å². The highest BCUT2D eigenvalue weighted by molar-refractivity contribution is 5.85. The van der Waals surface area contributed by atoms with Crippen LogP contribution in [0.1, 0.15) is 55.7 Å². The number of methoxy groups -OCH3 is 1. The van der Waals surface area contributed by atoms with Gasteiger partial charge in [-0.15, -0.1) is 0 Å². The summed E-state index contributed by atoms with van der Waals surface area (Å²) in [7, 11) is 1.69. The topological polar surface area (TPSA) is 9.23 Å². The van der Waals surface area contributed by atoms with Crippen LogP contribution in [0.4, 0.5) is 0 Å². The van der Waals surface area contributed by atoms with Crippen LogP contribution in [0.15, 0.2) is 60.7 Å². The highest BCUT2D eigenvalue weighted by Gasteiger charge is 1.98. The summed E-state index contributed by atoms with van der Waals surface area (Å²) < 4.78 is 5.28. The van der Waals surface area contributed by atoms with Crippen molar-refractivity contribution in [2.75, 3.05) is 7.11 Å². The normalized spacial score (nSPS) is 10.4. The fourth-order valence-corrected chi connectivity index (χ4v) is 3.26. The molecule has 1 heteroatoms. The second-order valence-electron chi connectivity index (χ2n) is 7.04. The van der Waals surface area contributed by atoms with E-state index in [0.29, 0.717) is 0 Å². The summed E-state index contributed by atoms with van der Waals surface area (Å²) in [4.78, 5) is 0. The minimum absolute atomic E-state index is 0.881. The Bertz CT molecular complexity index is 926. The predicted octanol–water partition coefficient (Wildman–Crippen LogP) is 6.76. The fraction of sp³-hybridized carbons (Fsp3) is 0.308. The molecule has 0 heterocycles. The maximum Gasteiger partial charge on any atom is 0.119 e. The van der Waals surface area contributed by atoms with Crippen LogP contribution in [0.2, 0.25) is 0 Å². The summed E-state index contributed by atoms with van der Waals surface area (Å²) in [6, 6.07) is 21.1. The SMILES string of the molecule is CCCCCCCc1ccc(C#Cc2ccc3cc(OC)ccc3c2)cc1. The number of hydrogen-bond acceptors (Lipinski definition) is 1. The van der Waals surface area contributed by atoms with Gasteiger partial charge in [-0.25, -0.2) is 0 Å². The Kier molecular flexibility index (Phi) is 6.94. The molecule has 0 saturated heterocycles. The first-order chi connectivity index (χ1) is 13.3. The molecule has 3 rings (SSSR count). The number of unbranched alkanes of at least 4 members (excludes halogenated alkanes) is 4. The first-order valence-corrected chi connectivity index (χ1v) is 9.97. The largest absolute Gasteiger partial charge is 0.497 e. The summed E-state index contributed by atoms with van der Waals surface area (Å²) in [5, 5.41) is 2.35. The maximum atomic E-state index is 5.28. The second-order valence-corrected chi connectivity index (χ2v) is 7.04. The molecule has 3 aromatic carbocycles. The molecule has 0 aliphatic heterocycles. The Morgan fingerprint density at radius 1 is 0.704 bits per heavy atom. The van der Waals surface area contributed by atoms with Crippen LogP contribution >= 0.6 is 0 Å². The van der Waals surface area contributed by atoms with E-state index in [2.05, 4.69) is 67.3 Å². The van der Waals surface area contributed by atoms with Gasteiger partial charge in [0.1, 0.15) is 5.75 Å². The standard InChI is InChI=1S/C26H28O/c1-3-4-5-6-7-8-21-9-11-22(12-10-21)13-14-23-15-16-25-20-26(27-2)18-17-24(25)19-23/h9-12,15-20H,3-8H2,1-2H3. The van der Waals surface area contributed by atoms with Crippen molar-refractivity contribution >= 4 is 10.8 Å². The highest BCUT2D eigenvalue weighted by atomic mass is 16.5. The lowest BCUT2D eigenvalue weighted by Crippen LogP contribution is -1.86. The lowest BCUT2D eigenvalue weighted by atomic mass is 10.0. The minimum Gasteiger partial charge on any atom is -0.497 e. The lowest BCUT2D eigenvalue weighted by Gasteiger charge is -2.03. The Morgan fingerprint density at radius 3 is 2.15 bits per heavy atom. The van der Waals surface area contributed by atoms with Crippen molar-refractivity contribution < 1.29 is 4.74 Å². The number of hydrogen-bond donors (Lipinski definition) is 0. The Labute approximate surface area is 163 Å². The number of ether oxygens (including phenoxy) is 1. The van der Waals surface area contributed by atoms with Gasteiger partial charge in [0.25, 0.3) is 0 Å². The average molecular weight is 357 g/mol. The molecule has 0 saturated carbocycles. The van der Waals surface area contributed by atoms with Crippen LogP contribution in [0.3, 0.4) is 0 Å². The predicted molar refractivity (Wildman–Crippen MR) is 115 cm³/mol. The summed E-state index contributed by atoms with van der Waals surface area (Å²) in [5.41, 5.74) is 3.52. The number of benzene rings is 3. The Morgan fingerprint density at radius 2 is 1.37 bits per heavy atom. The molecule has 0 spiro atoms. The van der Waals surface area contributed by atoms with Crippen molar-refractivity contribution in [3.05, 3.63) is 77.4 Å². The molecule has 27 heavy (non-hydrogen) atoms. The number of rotatable bonds is 7. The van der Waals surface area contributed by atoms with Crippen molar-refractivity contribution in [1.82, 2.24) is 0 Å². The van der Waals surface area contributed by atoms with Gasteiger partial charge in [0.05, 0.1) is 7.11 Å². The van der Waals surface area contributed by atoms with Gasteiger partial charge in [-0.1, -0.05) is 68.7 Å². The highest BCUT2D eigenvalue weighted by Crippen LogP contribution is 2.21. The van der Waals surface area contributed by atoms with Gasteiger partial charge in [-0.2, -0.15) is 0 Å². The summed E-state index contributed by atoms with van der Waals surface area (Å²) >= 11 is 0. The quantitative estimate of drug-likeness (QED) is 0.335. The Balaban J connectivity index is 1.62. The maximum absolute atomic E-state index is 5.28. The van der Waals surface area contributed by atoms with E-state index < -0.39 is 0 Å². The molecule has 138 valence electrons. The molecular formula is C26H28O. The molecule has 0 atom stereocenters. The van der Waals surface area contributed by atoms with Crippen molar-refractivity contribution in [2.45, 2.75) is 45.4 Å². The van der Waals surface area contributed by atoms with Gasteiger partial charge in [0.2, 0.25) is 0 Å². The molecule has 0 amide bonds. The first kappa shape index (κ1) is 19.1. The van der Waals surface area contributed by atoms with Gasteiger partial charge >= 0.3 is 0 Å². The number of aryl methyl sites for hydroxylation is 1. The zero-order valence-electron chi connectivity index (χ0n) is 16.4. The van der Waals surface area contributed by atoms with Crippen LogP contribution in [-0.4, -0.2) is 7.11 Å². The zero-order valence-corrected chi connectivity index (χ0v) is 16.4. The van der Waals surface area contributed by atoms with Gasteiger partial charge in [0, 0.05) is 11.1 Å². The fourth-order valence-electron chi connectivity index (χ4n) is 3.26. The molecule has 0 N–H and O–H groups in total. The molecule has 0 aromatic heterocycles. The van der Waals surface area contributed by atoms with Crippen LogP contribution in [-0.2, 0) is 6.42 Å². The van der Waals surface area contributed by atoms with Gasteiger partial charge in [-0.05, 0) is 65.6 Å². The van der Waals surface area contributed by atoms with E-state index in [1.165, 1.54) is 54.9 Å². The first-order valence-electron chi connectivity index (χ1n) is 9.97. The molecule has 0 bridgehead atoms. The Hall–Kier alpha value is -2.72. The summed E-state index contributed by atoms with van der Waals surface area (Å²) in [6.45, 7) is 2.26. The summed E-state index contributed by atoms with van der Waals surface area (Å²) in [5.74, 6) is 7.45. The third-order valence-electron chi connectivity index (χ3n) is 4.92.